The number of benzene rings is 1. The minimum Gasteiger partial charge on any atom is -0.392 e. The van der Waals surface area contributed by atoms with Crippen LogP contribution in [0.15, 0.2) is 42.7 Å². The van der Waals surface area contributed by atoms with Crippen molar-refractivity contribution in [2.24, 2.45) is 0 Å². The number of anilines is 1. The molecular weight excluding hydrogens is 224 g/mol. The first-order valence-corrected chi connectivity index (χ1v) is 6.01. The fourth-order valence-corrected chi connectivity index (χ4v) is 1.94. The van der Waals surface area contributed by atoms with Gasteiger partial charge in [0.2, 0.25) is 0 Å². The quantitative estimate of drug-likeness (QED) is 0.895. The Bertz CT molecular complexity index is 508. The molecular formula is C15H18N2O. The van der Waals surface area contributed by atoms with Crippen molar-refractivity contribution in [3.8, 4) is 0 Å². The van der Waals surface area contributed by atoms with E-state index in [1.807, 2.05) is 13.1 Å². The summed E-state index contributed by atoms with van der Waals surface area (Å²) in [6.45, 7) is 2.92. The smallest absolute Gasteiger partial charge is 0.0703 e. The molecule has 0 saturated heterocycles. The fraction of sp³-hybridized carbons (Fsp3) is 0.267. The van der Waals surface area contributed by atoms with E-state index in [1.165, 1.54) is 11.1 Å². The summed E-state index contributed by atoms with van der Waals surface area (Å²) < 4.78 is 0. The zero-order valence-electron chi connectivity index (χ0n) is 10.8. The van der Waals surface area contributed by atoms with Crippen LogP contribution >= 0.6 is 0 Å². The SMILES string of the molecule is Cc1ccc(CN(C)c2cnccc2CO)cc1. The molecule has 1 heterocycles. The number of nitrogens with zero attached hydrogens (tertiary/aromatic N) is 2. The van der Waals surface area contributed by atoms with Gasteiger partial charge in [0.05, 0.1) is 18.5 Å². The van der Waals surface area contributed by atoms with Crippen molar-refractivity contribution >= 4 is 5.69 Å². The van der Waals surface area contributed by atoms with Crippen LogP contribution in [0.3, 0.4) is 0 Å². The summed E-state index contributed by atoms with van der Waals surface area (Å²) in [5.41, 5.74) is 4.38. The van der Waals surface area contributed by atoms with E-state index < -0.39 is 0 Å². The van der Waals surface area contributed by atoms with Gasteiger partial charge in [-0.2, -0.15) is 0 Å². The first kappa shape index (κ1) is 12.6. The van der Waals surface area contributed by atoms with Gasteiger partial charge in [0, 0.05) is 25.4 Å². The van der Waals surface area contributed by atoms with Crippen LogP contribution < -0.4 is 4.90 Å². The Hall–Kier alpha value is -1.87. The van der Waals surface area contributed by atoms with Crippen molar-refractivity contribution in [3.63, 3.8) is 0 Å². The average Bonchev–Trinajstić information content (AvgIpc) is 2.41. The van der Waals surface area contributed by atoms with Gasteiger partial charge in [-0.05, 0) is 18.6 Å². The topological polar surface area (TPSA) is 36.4 Å². The van der Waals surface area contributed by atoms with Crippen LogP contribution in [0.5, 0.6) is 0 Å². The predicted octanol–water partition coefficient (Wildman–Crippen LogP) is 2.52. The van der Waals surface area contributed by atoms with Crippen LogP contribution in [-0.4, -0.2) is 17.1 Å². The van der Waals surface area contributed by atoms with E-state index in [1.54, 1.807) is 12.4 Å². The van der Waals surface area contributed by atoms with Crippen LogP contribution in [-0.2, 0) is 13.2 Å². The molecule has 1 aromatic carbocycles. The molecule has 2 rings (SSSR count). The Kier molecular flexibility index (Phi) is 3.95. The lowest BCUT2D eigenvalue weighted by Gasteiger charge is -2.21. The summed E-state index contributed by atoms with van der Waals surface area (Å²) >= 11 is 0. The van der Waals surface area contributed by atoms with Gasteiger partial charge in [0.25, 0.3) is 0 Å². The Morgan fingerprint density at radius 2 is 1.89 bits per heavy atom. The lowest BCUT2D eigenvalue weighted by atomic mass is 10.1. The molecule has 0 atom stereocenters. The van der Waals surface area contributed by atoms with Crippen molar-refractivity contribution in [1.29, 1.82) is 0 Å². The van der Waals surface area contributed by atoms with Crippen molar-refractivity contribution in [3.05, 3.63) is 59.4 Å². The van der Waals surface area contributed by atoms with E-state index in [0.29, 0.717) is 0 Å². The second kappa shape index (κ2) is 5.65. The first-order chi connectivity index (χ1) is 8.70. The molecule has 3 nitrogen and oxygen atoms in total. The normalized spacial score (nSPS) is 10.4. The maximum atomic E-state index is 9.32. The standard InChI is InChI=1S/C15H18N2O/c1-12-3-5-13(6-4-12)10-17(2)15-9-16-8-7-14(15)11-18/h3-9,18H,10-11H2,1-2H3. The van der Waals surface area contributed by atoms with Gasteiger partial charge in [-0.3, -0.25) is 4.98 Å². The average molecular weight is 242 g/mol. The molecule has 18 heavy (non-hydrogen) atoms. The van der Waals surface area contributed by atoms with Crippen LogP contribution in [0, 0.1) is 6.92 Å². The monoisotopic (exact) mass is 242 g/mol. The molecule has 0 saturated carbocycles. The zero-order chi connectivity index (χ0) is 13.0. The number of hydrogen-bond donors (Lipinski definition) is 1. The number of aliphatic hydroxyl groups is 1. The van der Waals surface area contributed by atoms with Gasteiger partial charge in [0.15, 0.2) is 0 Å². The van der Waals surface area contributed by atoms with E-state index in [9.17, 15) is 5.11 Å². The summed E-state index contributed by atoms with van der Waals surface area (Å²) in [4.78, 5) is 6.22. The Labute approximate surface area is 108 Å². The van der Waals surface area contributed by atoms with Crippen LogP contribution in [0.2, 0.25) is 0 Å². The van der Waals surface area contributed by atoms with Crippen LogP contribution in [0.4, 0.5) is 5.69 Å². The molecule has 0 fully saturated rings. The molecule has 3 heteroatoms. The molecule has 0 aliphatic carbocycles. The third-order valence-corrected chi connectivity index (χ3v) is 3.01. The molecule has 1 N–H and O–H groups in total. The third kappa shape index (κ3) is 2.87. The summed E-state index contributed by atoms with van der Waals surface area (Å²) in [7, 11) is 2.01. The predicted molar refractivity (Wildman–Crippen MR) is 73.4 cm³/mol. The number of aliphatic hydroxyl groups excluding tert-OH is 1. The highest BCUT2D eigenvalue weighted by molar-refractivity contribution is 5.51. The Morgan fingerprint density at radius 3 is 2.56 bits per heavy atom. The molecule has 0 spiro atoms. The van der Waals surface area contributed by atoms with Gasteiger partial charge in [-0.1, -0.05) is 29.8 Å². The lowest BCUT2D eigenvalue weighted by Crippen LogP contribution is -2.18. The molecule has 0 bridgehead atoms. The number of aryl methyl sites for hydroxylation is 1. The molecule has 0 aliphatic rings. The van der Waals surface area contributed by atoms with Gasteiger partial charge >= 0.3 is 0 Å². The Balaban J connectivity index is 2.16. The Morgan fingerprint density at radius 1 is 1.17 bits per heavy atom. The number of aromatic nitrogens is 1. The van der Waals surface area contributed by atoms with Crippen molar-refractivity contribution in [2.45, 2.75) is 20.1 Å². The molecule has 2 aromatic rings. The van der Waals surface area contributed by atoms with Gasteiger partial charge in [-0.25, -0.2) is 0 Å². The van der Waals surface area contributed by atoms with Gasteiger partial charge < -0.3 is 10.0 Å². The largest absolute Gasteiger partial charge is 0.392 e. The summed E-state index contributed by atoms with van der Waals surface area (Å²) in [5, 5.41) is 9.32. The summed E-state index contributed by atoms with van der Waals surface area (Å²) in [6.07, 6.45) is 3.49. The summed E-state index contributed by atoms with van der Waals surface area (Å²) in [6, 6.07) is 10.3. The minimum atomic E-state index is 0.0378. The number of pyridine rings is 1. The van der Waals surface area contributed by atoms with Crippen LogP contribution in [0.25, 0.3) is 0 Å². The van der Waals surface area contributed by atoms with Crippen molar-refractivity contribution in [1.82, 2.24) is 4.98 Å². The second-order valence-electron chi connectivity index (χ2n) is 4.50. The third-order valence-electron chi connectivity index (χ3n) is 3.01. The molecule has 0 unspecified atom stereocenters. The van der Waals surface area contributed by atoms with Crippen molar-refractivity contribution in [2.75, 3.05) is 11.9 Å². The molecule has 1 aromatic heterocycles. The zero-order valence-corrected chi connectivity index (χ0v) is 10.8. The van der Waals surface area contributed by atoms with Gasteiger partial charge in [0.1, 0.15) is 0 Å². The number of hydrogen-bond acceptors (Lipinski definition) is 3. The maximum Gasteiger partial charge on any atom is 0.0703 e. The first-order valence-electron chi connectivity index (χ1n) is 6.01. The second-order valence-corrected chi connectivity index (χ2v) is 4.50. The summed E-state index contributed by atoms with van der Waals surface area (Å²) in [5.74, 6) is 0. The van der Waals surface area contributed by atoms with Crippen molar-refractivity contribution < 1.29 is 5.11 Å². The maximum absolute atomic E-state index is 9.32. The highest BCUT2D eigenvalue weighted by Crippen LogP contribution is 2.19. The fourth-order valence-electron chi connectivity index (χ4n) is 1.94. The van der Waals surface area contributed by atoms with E-state index >= 15 is 0 Å². The van der Waals surface area contributed by atoms with Gasteiger partial charge in [-0.15, -0.1) is 0 Å². The van der Waals surface area contributed by atoms with Crippen LogP contribution in [0.1, 0.15) is 16.7 Å². The van der Waals surface area contributed by atoms with E-state index in [0.717, 1.165) is 17.8 Å². The van der Waals surface area contributed by atoms with E-state index in [2.05, 4.69) is 41.1 Å². The van der Waals surface area contributed by atoms with E-state index in [4.69, 9.17) is 0 Å². The molecule has 0 radical (unpaired) electrons. The molecule has 94 valence electrons. The molecule has 0 amide bonds. The minimum absolute atomic E-state index is 0.0378. The lowest BCUT2D eigenvalue weighted by molar-refractivity contribution is 0.282. The number of rotatable bonds is 4. The van der Waals surface area contributed by atoms with E-state index in [-0.39, 0.29) is 6.61 Å². The highest BCUT2D eigenvalue weighted by Gasteiger charge is 2.07. The molecule has 0 aliphatic heterocycles. The highest BCUT2D eigenvalue weighted by atomic mass is 16.3.